The Labute approximate surface area is 106 Å². The van der Waals surface area contributed by atoms with Crippen molar-refractivity contribution in [3.63, 3.8) is 0 Å². The molecule has 1 aliphatic heterocycles. The Bertz CT molecular complexity index is 366. The van der Waals surface area contributed by atoms with Gasteiger partial charge in [0, 0.05) is 9.30 Å². The van der Waals surface area contributed by atoms with Gasteiger partial charge in [0.05, 0.1) is 0 Å². The average Bonchev–Trinajstić information content (AvgIpc) is 2.27. The summed E-state index contributed by atoms with van der Waals surface area (Å²) in [5, 5.41) is 0. The van der Waals surface area contributed by atoms with Crippen LogP contribution >= 0.6 is 31.9 Å². The van der Waals surface area contributed by atoms with Crippen LogP contribution in [0.3, 0.4) is 0 Å². The topological polar surface area (TPSA) is 18.5 Å². The van der Waals surface area contributed by atoms with Crippen molar-refractivity contribution in [1.29, 1.82) is 0 Å². The number of hydrogen-bond acceptors (Lipinski definition) is 2. The Kier molecular flexibility index (Phi) is 3.57. The van der Waals surface area contributed by atoms with E-state index in [4.69, 9.17) is 9.47 Å². The van der Waals surface area contributed by atoms with E-state index in [0.717, 1.165) is 22.4 Å². The molecule has 0 bridgehead atoms. The molecule has 82 valence electrons. The number of hydrogen-bond donors (Lipinski definition) is 0. The first kappa shape index (κ1) is 11.3. The van der Waals surface area contributed by atoms with E-state index in [0.29, 0.717) is 18.0 Å². The van der Waals surface area contributed by atoms with Crippen molar-refractivity contribution in [2.24, 2.45) is 0 Å². The van der Waals surface area contributed by atoms with E-state index in [1.165, 1.54) is 5.56 Å². The fraction of sp³-hybridized carbons (Fsp3) is 0.455. The lowest BCUT2D eigenvalue weighted by Crippen LogP contribution is -2.15. The third-order valence-corrected chi connectivity index (χ3v) is 4.18. The number of alkyl halides is 1. The van der Waals surface area contributed by atoms with Gasteiger partial charge in [-0.15, -0.1) is 0 Å². The van der Waals surface area contributed by atoms with Crippen molar-refractivity contribution in [3.05, 3.63) is 22.2 Å². The van der Waals surface area contributed by atoms with E-state index < -0.39 is 0 Å². The largest absolute Gasteiger partial charge is 0.486 e. The molecule has 1 heterocycles. The average molecular weight is 336 g/mol. The van der Waals surface area contributed by atoms with Gasteiger partial charge in [-0.1, -0.05) is 38.8 Å². The van der Waals surface area contributed by atoms with Crippen molar-refractivity contribution in [2.75, 3.05) is 13.2 Å². The Hall–Kier alpha value is -0.220. The molecular formula is C11H12Br2O2. The third kappa shape index (κ3) is 2.31. The number of rotatable bonds is 2. The second-order valence-corrected chi connectivity index (χ2v) is 5.35. The summed E-state index contributed by atoms with van der Waals surface area (Å²) in [7, 11) is 0. The van der Waals surface area contributed by atoms with Crippen LogP contribution in [0.1, 0.15) is 23.7 Å². The summed E-state index contributed by atoms with van der Waals surface area (Å²) in [6.45, 7) is 3.40. The first-order chi connectivity index (χ1) is 7.22. The van der Waals surface area contributed by atoms with Crippen LogP contribution in [-0.2, 0) is 0 Å². The van der Waals surface area contributed by atoms with E-state index in [-0.39, 0.29) is 0 Å². The van der Waals surface area contributed by atoms with E-state index >= 15 is 0 Å². The molecule has 1 atom stereocenters. The summed E-state index contributed by atoms with van der Waals surface area (Å²) in [5.41, 5.74) is 1.21. The van der Waals surface area contributed by atoms with Gasteiger partial charge in [0.1, 0.15) is 13.2 Å². The van der Waals surface area contributed by atoms with Crippen molar-refractivity contribution in [3.8, 4) is 11.5 Å². The molecule has 1 aliphatic rings. The van der Waals surface area contributed by atoms with E-state index in [1.54, 1.807) is 0 Å². The van der Waals surface area contributed by atoms with Crippen LogP contribution < -0.4 is 9.47 Å². The highest BCUT2D eigenvalue weighted by atomic mass is 79.9. The van der Waals surface area contributed by atoms with Crippen molar-refractivity contribution >= 4 is 31.9 Å². The summed E-state index contributed by atoms with van der Waals surface area (Å²) in [4.78, 5) is 0.350. The second kappa shape index (κ2) is 4.74. The third-order valence-electron chi connectivity index (χ3n) is 2.36. The van der Waals surface area contributed by atoms with E-state index in [1.807, 2.05) is 12.1 Å². The molecule has 0 amide bonds. The minimum atomic E-state index is 0.350. The normalized spacial score (nSPS) is 16.2. The molecule has 0 aliphatic carbocycles. The van der Waals surface area contributed by atoms with Crippen LogP contribution in [-0.4, -0.2) is 13.2 Å². The fourth-order valence-electron chi connectivity index (χ4n) is 1.54. The molecule has 0 N–H and O–H groups in total. The number of ether oxygens (including phenoxy) is 2. The highest BCUT2D eigenvalue weighted by molar-refractivity contribution is 9.11. The van der Waals surface area contributed by atoms with Crippen LogP contribution in [0.2, 0.25) is 0 Å². The summed E-state index contributed by atoms with van der Waals surface area (Å²) in [5.74, 6) is 1.67. The van der Waals surface area contributed by atoms with Gasteiger partial charge >= 0.3 is 0 Å². The Morgan fingerprint density at radius 2 is 1.87 bits per heavy atom. The molecule has 0 saturated heterocycles. The molecule has 2 nitrogen and oxygen atoms in total. The van der Waals surface area contributed by atoms with Crippen molar-refractivity contribution in [2.45, 2.75) is 18.2 Å². The minimum Gasteiger partial charge on any atom is -0.486 e. The first-order valence-electron chi connectivity index (χ1n) is 4.95. The predicted molar refractivity (Wildman–Crippen MR) is 67.1 cm³/mol. The smallest absolute Gasteiger partial charge is 0.162 e. The van der Waals surface area contributed by atoms with Crippen LogP contribution in [0.25, 0.3) is 0 Å². The maximum absolute atomic E-state index is 5.55. The highest BCUT2D eigenvalue weighted by Gasteiger charge is 2.17. The lowest BCUT2D eigenvalue weighted by Gasteiger charge is -2.21. The first-order valence-corrected chi connectivity index (χ1v) is 6.66. The lowest BCUT2D eigenvalue weighted by molar-refractivity contribution is 0.171. The van der Waals surface area contributed by atoms with Gasteiger partial charge in [0.15, 0.2) is 11.5 Å². The zero-order valence-electron chi connectivity index (χ0n) is 8.43. The number of benzene rings is 1. The monoisotopic (exact) mass is 334 g/mol. The van der Waals surface area contributed by atoms with Gasteiger partial charge < -0.3 is 9.47 Å². The Morgan fingerprint density at radius 3 is 2.47 bits per heavy atom. The molecule has 1 aromatic rings. The molecule has 0 aromatic heterocycles. The second-order valence-electron chi connectivity index (χ2n) is 3.39. The van der Waals surface area contributed by atoms with Gasteiger partial charge in [-0.3, -0.25) is 0 Å². The van der Waals surface area contributed by atoms with Crippen LogP contribution in [0.15, 0.2) is 16.6 Å². The van der Waals surface area contributed by atoms with E-state index in [2.05, 4.69) is 38.8 Å². The molecule has 15 heavy (non-hydrogen) atoms. The molecule has 0 radical (unpaired) electrons. The number of halogens is 2. The fourth-order valence-corrected chi connectivity index (χ4v) is 2.82. The quantitative estimate of drug-likeness (QED) is 0.758. The van der Waals surface area contributed by atoms with Crippen molar-refractivity contribution in [1.82, 2.24) is 0 Å². The minimum absolute atomic E-state index is 0.350. The Morgan fingerprint density at radius 1 is 1.27 bits per heavy atom. The zero-order valence-corrected chi connectivity index (χ0v) is 11.6. The molecular weight excluding hydrogens is 324 g/mol. The molecule has 0 saturated carbocycles. The zero-order chi connectivity index (χ0) is 10.8. The Balaban J connectivity index is 2.40. The summed E-state index contributed by atoms with van der Waals surface area (Å²) >= 11 is 7.19. The van der Waals surface area contributed by atoms with Gasteiger partial charge in [0.25, 0.3) is 0 Å². The van der Waals surface area contributed by atoms with Crippen LogP contribution in [0, 0.1) is 0 Å². The standard InChI is InChI=1S/C11H12Br2O2/c1-2-8(12)7-5-10-11(6-9(7)13)15-4-3-14-10/h5-6,8H,2-4H2,1H3. The summed E-state index contributed by atoms with van der Waals surface area (Å²) in [6, 6.07) is 4.02. The maximum atomic E-state index is 5.55. The van der Waals surface area contributed by atoms with E-state index in [9.17, 15) is 0 Å². The maximum Gasteiger partial charge on any atom is 0.162 e. The van der Waals surface area contributed by atoms with Gasteiger partial charge in [-0.05, 0) is 24.1 Å². The van der Waals surface area contributed by atoms with Gasteiger partial charge in [-0.2, -0.15) is 0 Å². The number of fused-ring (bicyclic) bond motifs is 1. The predicted octanol–water partition coefficient (Wildman–Crippen LogP) is 4.07. The molecule has 4 heteroatoms. The molecule has 1 aromatic carbocycles. The van der Waals surface area contributed by atoms with Crippen LogP contribution in [0.4, 0.5) is 0 Å². The summed E-state index contributed by atoms with van der Waals surface area (Å²) in [6.07, 6.45) is 1.04. The van der Waals surface area contributed by atoms with Crippen molar-refractivity contribution < 1.29 is 9.47 Å². The highest BCUT2D eigenvalue weighted by Crippen LogP contribution is 2.40. The van der Waals surface area contributed by atoms with Gasteiger partial charge in [-0.25, -0.2) is 0 Å². The molecule has 0 fully saturated rings. The van der Waals surface area contributed by atoms with Crippen LogP contribution in [0.5, 0.6) is 11.5 Å². The SMILES string of the molecule is CCC(Br)c1cc2c(cc1Br)OCCO2. The van der Waals surface area contributed by atoms with Gasteiger partial charge in [0.2, 0.25) is 0 Å². The molecule has 1 unspecified atom stereocenters. The summed E-state index contributed by atoms with van der Waals surface area (Å²) < 4.78 is 12.1. The molecule has 2 rings (SSSR count). The molecule has 0 spiro atoms. The lowest BCUT2D eigenvalue weighted by atomic mass is 10.1.